The van der Waals surface area contributed by atoms with Crippen LogP contribution in [-0.2, 0) is 9.53 Å². The number of unbranched alkanes of at least 4 members (excludes halogenated alkanes) is 1. The molecule has 0 bridgehead atoms. The van der Waals surface area contributed by atoms with E-state index in [9.17, 15) is 4.79 Å². The molecule has 1 aliphatic heterocycles. The maximum Gasteiger partial charge on any atom is 0.241 e. The molecule has 1 aliphatic rings. The van der Waals surface area contributed by atoms with Gasteiger partial charge in [-0.2, -0.15) is 0 Å². The molecular formula is C16H32N2O2. The number of hydrogen-bond donors (Lipinski definition) is 1. The van der Waals surface area contributed by atoms with Crippen molar-refractivity contribution in [1.82, 2.24) is 10.2 Å². The predicted molar refractivity (Wildman–Crippen MR) is 82.6 cm³/mol. The molecule has 0 radical (unpaired) electrons. The second kappa shape index (κ2) is 9.35. The fraction of sp³-hybridized carbons (Fsp3) is 0.938. The van der Waals surface area contributed by atoms with Crippen molar-refractivity contribution < 1.29 is 9.53 Å². The van der Waals surface area contributed by atoms with E-state index < -0.39 is 0 Å². The van der Waals surface area contributed by atoms with Crippen molar-refractivity contribution in [2.24, 2.45) is 0 Å². The van der Waals surface area contributed by atoms with Crippen molar-refractivity contribution in [1.29, 1.82) is 0 Å². The van der Waals surface area contributed by atoms with Gasteiger partial charge in [-0.05, 0) is 39.5 Å². The van der Waals surface area contributed by atoms with Crippen molar-refractivity contribution >= 4 is 5.91 Å². The largest absolute Gasteiger partial charge is 0.379 e. The summed E-state index contributed by atoms with van der Waals surface area (Å²) >= 11 is 0. The van der Waals surface area contributed by atoms with Gasteiger partial charge in [0.2, 0.25) is 5.91 Å². The Morgan fingerprint density at radius 3 is 2.50 bits per heavy atom. The molecule has 4 nitrogen and oxygen atoms in total. The van der Waals surface area contributed by atoms with Crippen LogP contribution >= 0.6 is 0 Å². The van der Waals surface area contributed by atoms with Crippen LogP contribution in [0.5, 0.6) is 0 Å². The van der Waals surface area contributed by atoms with Crippen molar-refractivity contribution in [2.75, 3.05) is 13.2 Å². The number of nitrogens with one attached hydrogen (secondary N) is 1. The molecule has 1 N–H and O–H groups in total. The Kier molecular flexibility index (Phi) is 8.15. The van der Waals surface area contributed by atoms with Gasteiger partial charge in [-0.3, -0.25) is 10.1 Å². The van der Waals surface area contributed by atoms with E-state index in [1.807, 2.05) is 0 Å². The maximum absolute atomic E-state index is 12.4. The Morgan fingerprint density at radius 2 is 1.90 bits per heavy atom. The average molecular weight is 284 g/mol. The molecule has 0 saturated carbocycles. The molecule has 1 saturated heterocycles. The Bertz CT molecular complexity index is 282. The van der Waals surface area contributed by atoms with Gasteiger partial charge >= 0.3 is 0 Å². The van der Waals surface area contributed by atoms with Crippen LogP contribution in [-0.4, -0.2) is 42.3 Å². The van der Waals surface area contributed by atoms with E-state index in [1.165, 1.54) is 0 Å². The molecular weight excluding hydrogens is 252 g/mol. The number of carbonyl (C=O) groups is 1. The minimum absolute atomic E-state index is 0.0449. The molecule has 118 valence electrons. The zero-order valence-electron chi connectivity index (χ0n) is 13.7. The van der Waals surface area contributed by atoms with Gasteiger partial charge in [-0.25, -0.2) is 0 Å². The number of rotatable bonds is 10. The van der Waals surface area contributed by atoms with Crippen molar-refractivity contribution in [3.63, 3.8) is 0 Å². The van der Waals surface area contributed by atoms with E-state index in [2.05, 4.69) is 37.9 Å². The average Bonchev–Trinajstić information content (AvgIpc) is 2.67. The summed E-state index contributed by atoms with van der Waals surface area (Å²) in [6.45, 7) is 10.1. The minimum Gasteiger partial charge on any atom is -0.379 e. The molecule has 2 atom stereocenters. The second-order valence-electron chi connectivity index (χ2n) is 5.97. The van der Waals surface area contributed by atoms with E-state index >= 15 is 0 Å². The minimum atomic E-state index is 0.0449. The third-order valence-electron chi connectivity index (χ3n) is 3.73. The first-order valence-corrected chi connectivity index (χ1v) is 8.28. The van der Waals surface area contributed by atoms with Crippen LogP contribution in [0.2, 0.25) is 0 Å². The van der Waals surface area contributed by atoms with Gasteiger partial charge in [-0.1, -0.05) is 26.7 Å². The highest BCUT2D eigenvalue weighted by molar-refractivity contribution is 5.84. The first-order chi connectivity index (χ1) is 9.60. The molecule has 1 rings (SSSR count). The highest BCUT2D eigenvalue weighted by Crippen LogP contribution is 2.18. The topological polar surface area (TPSA) is 41.6 Å². The van der Waals surface area contributed by atoms with Gasteiger partial charge in [0.1, 0.15) is 0 Å². The third-order valence-corrected chi connectivity index (χ3v) is 3.73. The van der Waals surface area contributed by atoms with Crippen LogP contribution < -0.4 is 5.32 Å². The Hall–Kier alpha value is -0.610. The maximum atomic E-state index is 12.4. The summed E-state index contributed by atoms with van der Waals surface area (Å²) in [5, 5.41) is 3.50. The Morgan fingerprint density at radius 1 is 1.20 bits per heavy atom. The van der Waals surface area contributed by atoms with E-state index in [0.29, 0.717) is 12.0 Å². The molecule has 4 heteroatoms. The number of amides is 1. The second-order valence-corrected chi connectivity index (χ2v) is 5.97. The Labute approximate surface area is 124 Å². The standard InChI is InChI=1S/C16H32N2O2/c1-5-9-14-16(19)18(15(17-14)10-6-2)11-7-8-12-20-13(3)4/h13-15,17H,5-12H2,1-4H3. The van der Waals surface area contributed by atoms with Gasteiger partial charge in [0.05, 0.1) is 18.3 Å². The van der Waals surface area contributed by atoms with Gasteiger partial charge < -0.3 is 9.64 Å². The molecule has 0 aromatic carbocycles. The van der Waals surface area contributed by atoms with Crippen molar-refractivity contribution in [3.05, 3.63) is 0 Å². The van der Waals surface area contributed by atoms with Gasteiger partial charge in [0.25, 0.3) is 0 Å². The molecule has 0 aromatic rings. The summed E-state index contributed by atoms with van der Waals surface area (Å²) in [6, 6.07) is 0.0449. The van der Waals surface area contributed by atoms with Crippen LogP contribution in [0.15, 0.2) is 0 Å². The highest BCUT2D eigenvalue weighted by Gasteiger charge is 2.36. The third kappa shape index (κ3) is 5.41. The van der Waals surface area contributed by atoms with Gasteiger partial charge in [-0.15, -0.1) is 0 Å². The summed E-state index contributed by atoms with van der Waals surface area (Å²) < 4.78 is 5.55. The lowest BCUT2D eigenvalue weighted by Gasteiger charge is -2.23. The fourth-order valence-corrected chi connectivity index (χ4v) is 2.72. The monoisotopic (exact) mass is 284 g/mol. The van der Waals surface area contributed by atoms with Crippen LogP contribution in [0.4, 0.5) is 0 Å². The zero-order chi connectivity index (χ0) is 15.0. The molecule has 1 heterocycles. The lowest BCUT2D eigenvalue weighted by atomic mass is 10.1. The summed E-state index contributed by atoms with van der Waals surface area (Å²) in [5.74, 6) is 0.301. The number of hydrogen-bond acceptors (Lipinski definition) is 3. The normalized spacial score (nSPS) is 23.1. The molecule has 0 aromatic heterocycles. The quantitative estimate of drug-likeness (QED) is 0.627. The van der Waals surface area contributed by atoms with Crippen LogP contribution in [0, 0.1) is 0 Å². The molecule has 1 amide bonds. The van der Waals surface area contributed by atoms with Crippen LogP contribution in [0.25, 0.3) is 0 Å². The number of carbonyl (C=O) groups excluding carboxylic acids is 1. The summed E-state index contributed by atoms with van der Waals surface area (Å²) in [7, 11) is 0. The molecule has 0 spiro atoms. The van der Waals surface area contributed by atoms with E-state index in [-0.39, 0.29) is 12.2 Å². The number of ether oxygens (including phenoxy) is 1. The smallest absolute Gasteiger partial charge is 0.241 e. The summed E-state index contributed by atoms with van der Waals surface area (Å²) in [6.07, 6.45) is 6.76. The SMILES string of the molecule is CCCC1NC(CCC)N(CCCCOC(C)C)C1=O. The lowest BCUT2D eigenvalue weighted by Crippen LogP contribution is -2.38. The highest BCUT2D eigenvalue weighted by atomic mass is 16.5. The van der Waals surface area contributed by atoms with E-state index in [1.54, 1.807) is 0 Å². The van der Waals surface area contributed by atoms with Gasteiger partial charge in [0.15, 0.2) is 0 Å². The first-order valence-electron chi connectivity index (χ1n) is 8.28. The van der Waals surface area contributed by atoms with Crippen LogP contribution in [0.1, 0.15) is 66.2 Å². The molecule has 0 aliphatic carbocycles. The van der Waals surface area contributed by atoms with E-state index in [4.69, 9.17) is 4.74 Å². The Balaban J connectivity index is 2.37. The first kappa shape index (κ1) is 17.4. The van der Waals surface area contributed by atoms with Crippen LogP contribution in [0.3, 0.4) is 0 Å². The summed E-state index contributed by atoms with van der Waals surface area (Å²) in [5.41, 5.74) is 0. The number of nitrogens with zero attached hydrogens (tertiary/aromatic N) is 1. The van der Waals surface area contributed by atoms with Gasteiger partial charge in [0, 0.05) is 13.2 Å². The van der Waals surface area contributed by atoms with Crippen molar-refractivity contribution in [3.8, 4) is 0 Å². The van der Waals surface area contributed by atoms with Crippen molar-refractivity contribution in [2.45, 2.75) is 84.5 Å². The lowest BCUT2D eigenvalue weighted by molar-refractivity contribution is -0.130. The fourth-order valence-electron chi connectivity index (χ4n) is 2.72. The molecule has 2 unspecified atom stereocenters. The summed E-state index contributed by atoms with van der Waals surface area (Å²) in [4.78, 5) is 14.4. The zero-order valence-corrected chi connectivity index (χ0v) is 13.7. The predicted octanol–water partition coefficient (Wildman–Crippen LogP) is 2.92. The molecule has 20 heavy (non-hydrogen) atoms. The molecule has 1 fully saturated rings. The van der Waals surface area contributed by atoms with E-state index in [0.717, 1.165) is 51.7 Å².